The molecule has 1 fully saturated rings. The molecule has 0 aliphatic heterocycles. The Morgan fingerprint density at radius 3 is 2.26 bits per heavy atom. The lowest BCUT2D eigenvalue weighted by molar-refractivity contribution is -0.126. The van der Waals surface area contributed by atoms with Crippen LogP contribution >= 0.6 is 0 Å². The molecular weight excluding hydrogens is 493 g/mol. The standard InChI is InChI=1S/C22H34FN3O3.C8H10.C2H6/c1-17-13-18(23)15-20(14-17)29-12-6-2-3-7-21(27)26-16-22(28)25-11-5-4-10-24-19-8-9-19;1-2-8-6-4-3-5-7-8;1-2/h13-15,19,24H,2-12,16H2,1H3,(H,25,28)(H,26,27);3-7H,2H2,1H3;1-2H3. The van der Waals surface area contributed by atoms with Crippen LogP contribution in [0.15, 0.2) is 48.5 Å². The highest BCUT2D eigenvalue weighted by molar-refractivity contribution is 5.84. The first-order valence-corrected chi connectivity index (χ1v) is 14.7. The van der Waals surface area contributed by atoms with Crippen LogP contribution in [0.4, 0.5) is 4.39 Å². The van der Waals surface area contributed by atoms with E-state index in [2.05, 4.69) is 47.1 Å². The summed E-state index contributed by atoms with van der Waals surface area (Å²) < 4.78 is 18.8. The van der Waals surface area contributed by atoms with E-state index in [0.29, 0.717) is 25.3 Å². The van der Waals surface area contributed by atoms with Crippen LogP contribution in [-0.2, 0) is 16.0 Å². The number of nitrogens with one attached hydrogen (secondary N) is 3. The molecule has 2 amide bonds. The zero-order valence-corrected chi connectivity index (χ0v) is 24.5. The Labute approximate surface area is 235 Å². The number of unbranched alkanes of at least 4 members (excludes halogenated alkanes) is 3. The average molecular weight is 544 g/mol. The second kappa shape index (κ2) is 21.9. The Morgan fingerprint density at radius 2 is 1.62 bits per heavy atom. The quantitative estimate of drug-likeness (QED) is 0.223. The van der Waals surface area contributed by atoms with Gasteiger partial charge in [-0.25, -0.2) is 4.39 Å². The zero-order chi connectivity index (χ0) is 28.7. The molecule has 0 heterocycles. The highest BCUT2D eigenvalue weighted by Gasteiger charge is 2.19. The molecule has 0 atom stereocenters. The molecule has 6 nitrogen and oxygen atoms in total. The van der Waals surface area contributed by atoms with Crippen molar-refractivity contribution in [3.8, 4) is 5.75 Å². The van der Waals surface area contributed by atoms with Gasteiger partial charge in [-0.05, 0) is 88.1 Å². The molecule has 0 spiro atoms. The lowest BCUT2D eigenvalue weighted by atomic mass is 10.2. The largest absolute Gasteiger partial charge is 0.493 e. The summed E-state index contributed by atoms with van der Waals surface area (Å²) in [5, 5.41) is 8.91. The summed E-state index contributed by atoms with van der Waals surface area (Å²) in [6.45, 7) is 10.2. The second-order valence-corrected chi connectivity index (χ2v) is 9.52. The Hall–Kier alpha value is -2.93. The van der Waals surface area contributed by atoms with E-state index in [1.165, 1.54) is 30.5 Å². The van der Waals surface area contributed by atoms with Crippen LogP contribution < -0.4 is 20.7 Å². The van der Waals surface area contributed by atoms with Crippen molar-refractivity contribution in [2.75, 3.05) is 26.2 Å². The van der Waals surface area contributed by atoms with E-state index in [1.54, 1.807) is 6.07 Å². The number of carbonyl (C=O) groups is 2. The van der Waals surface area contributed by atoms with E-state index < -0.39 is 0 Å². The van der Waals surface area contributed by atoms with Gasteiger partial charge in [0.1, 0.15) is 11.6 Å². The lowest BCUT2D eigenvalue weighted by Crippen LogP contribution is -2.37. The molecular formula is C32H50FN3O3. The maximum absolute atomic E-state index is 13.3. The number of ether oxygens (including phenoxy) is 1. The molecule has 2 aromatic carbocycles. The van der Waals surface area contributed by atoms with Gasteiger partial charge in [0.05, 0.1) is 13.2 Å². The fraction of sp³-hybridized carbons (Fsp3) is 0.562. The summed E-state index contributed by atoms with van der Waals surface area (Å²) >= 11 is 0. The Morgan fingerprint density at radius 1 is 0.897 bits per heavy atom. The highest BCUT2D eigenvalue weighted by Crippen LogP contribution is 2.18. The van der Waals surface area contributed by atoms with Gasteiger partial charge in [-0.15, -0.1) is 0 Å². The van der Waals surface area contributed by atoms with Crippen LogP contribution in [-0.4, -0.2) is 44.1 Å². The predicted molar refractivity (Wildman–Crippen MR) is 159 cm³/mol. The van der Waals surface area contributed by atoms with Crippen molar-refractivity contribution in [3.05, 3.63) is 65.5 Å². The molecule has 0 radical (unpaired) electrons. The van der Waals surface area contributed by atoms with Gasteiger partial charge in [-0.3, -0.25) is 9.59 Å². The number of carbonyl (C=O) groups excluding carboxylic acids is 2. The molecule has 3 rings (SSSR count). The minimum Gasteiger partial charge on any atom is -0.493 e. The van der Waals surface area contributed by atoms with Crippen LogP contribution in [0.25, 0.3) is 0 Å². The van der Waals surface area contributed by atoms with Crippen molar-refractivity contribution in [1.82, 2.24) is 16.0 Å². The molecule has 2 aromatic rings. The zero-order valence-electron chi connectivity index (χ0n) is 24.5. The minimum absolute atomic E-state index is 0.0290. The maximum Gasteiger partial charge on any atom is 0.239 e. The van der Waals surface area contributed by atoms with Gasteiger partial charge < -0.3 is 20.7 Å². The van der Waals surface area contributed by atoms with Crippen molar-refractivity contribution in [2.24, 2.45) is 0 Å². The molecule has 7 heteroatoms. The van der Waals surface area contributed by atoms with Crippen LogP contribution in [0.2, 0.25) is 0 Å². The van der Waals surface area contributed by atoms with Crippen LogP contribution in [0, 0.1) is 12.7 Å². The van der Waals surface area contributed by atoms with Crippen molar-refractivity contribution in [3.63, 3.8) is 0 Å². The number of rotatable bonds is 16. The van der Waals surface area contributed by atoms with E-state index in [-0.39, 0.29) is 24.2 Å². The summed E-state index contributed by atoms with van der Waals surface area (Å²) in [5.74, 6) is -0.0283. The van der Waals surface area contributed by atoms with Gasteiger partial charge in [0.2, 0.25) is 11.8 Å². The monoisotopic (exact) mass is 543 g/mol. The van der Waals surface area contributed by atoms with Crippen molar-refractivity contribution >= 4 is 11.8 Å². The molecule has 1 aliphatic rings. The maximum atomic E-state index is 13.3. The molecule has 0 saturated heterocycles. The molecule has 0 unspecified atom stereocenters. The predicted octanol–water partition coefficient (Wildman–Crippen LogP) is 6.11. The van der Waals surface area contributed by atoms with Gasteiger partial charge in [0, 0.05) is 25.1 Å². The van der Waals surface area contributed by atoms with Crippen molar-refractivity contribution < 1.29 is 18.7 Å². The van der Waals surface area contributed by atoms with Gasteiger partial charge in [0.25, 0.3) is 0 Å². The van der Waals surface area contributed by atoms with Crippen LogP contribution in [0.1, 0.15) is 83.3 Å². The smallest absolute Gasteiger partial charge is 0.239 e. The summed E-state index contributed by atoms with van der Waals surface area (Å²) in [6.07, 6.45) is 8.45. The van der Waals surface area contributed by atoms with Crippen LogP contribution in [0.5, 0.6) is 5.75 Å². The van der Waals surface area contributed by atoms with E-state index in [0.717, 1.165) is 56.7 Å². The van der Waals surface area contributed by atoms with Gasteiger partial charge >= 0.3 is 0 Å². The molecule has 39 heavy (non-hydrogen) atoms. The topological polar surface area (TPSA) is 79.5 Å². The van der Waals surface area contributed by atoms with Gasteiger partial charge in [0.15, 0.2) is 0 Å². The van der Waals surface area contributed by atoms with E-state index in [1.807, 2.05) is 26.8 Å². The lowest BCUT2D eigenvalue weighted by Gasteiger charge is -2.08. The van der Waals surface area contributed by atoms with E-state index in [9.17, 15) is 14.0 Å². The summed E-state index contributed by atoms with van der Waals surface area (Å²) in [4.78, 5) is 23.5. The second-order valence-electron chi connectivity index (χ2n) is 9.52. The van der Waals surface area contributed by atoms with E-state index in [4.69, 9.17) is 4.74 Å². The number of halogens is 1. The van der Waals surface area contributed by atoms with Gasteiger partial charge in [-0.2, -0.15) is 0 Å². The summed E-state index contributed by atoms with van der Waals surface area (Å²) in [7, 11) is 0. The number of hydrogen-bond donors (Lipinski definition) is 3. The fourth-order valence-corrected chi connectivity index (χ4v) is 3.66. The third-order valence-electron chi connectivity index (χ3n) is 5.97. The number of aryl methyl sites for hydroxylation is 2. The molecule has 0 aromatic heterocycles. The Balaban J connectivity index is 0.000000641. The fourth-order valence-electron chi connectivity index (χ4n) is 3.66. The van der Waals surface area contributed by atoms with Crippen molar-refractivity contribution in [2.45, 2.75) is 91.5 Å². The summed E-state index contributed by atoms with van der Waals surface area (Å²) in [5.41, 5.74) is 2.23. The Kier molecular flexibility index (Phi) is 19.2. The first-order valence-electron chi connectivity index (χ1n) is 14.7. The third kappa shape index (κ3) is 18.9. The van der Waals surface area contributed by atoms with Gasteiger partial charge in [-0.1, -0.05) is 51.1 Å². The highest BCUT2D eigenvalue weighted by atomic mass is 19.1. The summed E-state index contributed by atoms with van der Waals surface area (Å²) in [6, 6.07) is 15.8. The average Bonchev–Trinajstić information content (AvgIpc) is 3.77. The number of hydrogen-bond acceptors (Lipinski definition) is 4. The molecule has 3 N–H and O–H groups in total. The molecule has 1 saturated carbocycles. The first-order chi connectivity index (χ1) is 19.0. The number of benzene rings is 2. The molecule has 0 bridgehead atoms. The normalized spacial score (nSPS) is 11.8. The van der Waals surface area contributed by atoms with Crippen LogP contribution in [0.3, 0.4) is 0 Å². The minimum atomic E-state index is -0.300. The third-order valence-corrected chi connectivity index (χ3v) is 5.97. The van der Waals surface area contributed by atoms with Crippen molar-refractivity contribution in [1.29, 1.82) is 0 Å². The molecule has 218 valence electrons. The first kappa shape index (κ1) is 34.1. The Bertz CT molecular complexity index is 900. The number of amides is 2. The molecule has 1 aliphatic carbocycles. The van der Waals surface area contributed by atoms with E-state index >= 15 is 0 Å². The SMILES string of the molecule is CC.CCc1ccccc1.Cc1cc(F)cc(OCCCCCC(=O)NCC(=O)NCCCCNC2CC2)c1.